The molecule has 0 spiro atoms. The van der Waals surface area contributed by atoms with Crippen LogP contribution in [0.5, 0.6) is 0 Å². The molecule has 0 N–H and O–H groups in total. The van der Waals surface area contributed by atoms with Gasteiger partial charge in [0.15, 0.2) is 0 Å². The Morgan fingerprint density at radius 2 is 0.765 bits per heavy atom. The second kappa shape index (κ2) is 10.8. The summed E-state index contributed by atoms with van der Waals surface area (Å²) in [6.07, 6.45) is 0. The molecule has 238 valence electrons. The van der Waals surface area contributed by atoms with Crippen molar-refractivity contribution in [2.24, 2.45) is 0 Å². The molecule has 11 rings (SSSR count). The number of fused-ring (bicyclic) bond motifs is 9. The Morgan fingerprint density at radius 1 is 0.294 bits per heavy atom. The quantitative estimate of drug-likeness (QED) is 0.176. The van der Waals surface area contributed by atoms with Crippen LogP contribution >= 0.6 is 0 Å². The molecule has 0 aliphatic carbocycles. The SMILES string of the molecule is [2H]c1c([2H])c([2H])c(-c2c([2H])c([2H])c([2H])c(-n3c4c([2H])c([2H])c([2H])c([2H])c4c4c([2H])c([2H])c([2H])c(-n5c6c([2H])c([2H])c([2H])c([2H])c6c6c([2H])c(-n7c8c([2H])c([2H])c([2H])c([2H])c8c8c([2H])c([2H])c([2H])c([2H])c87)c([2H])c([2H])c65)c43)c2[2H])c([2H])c1[2H]. The van der Waals surface area contributed by atoms with Crippen molar-refractivity contribution in [3.05, 3.63) is 187 Å². The number of para-hydroxylation sites is 5. The van der Waals surface area contributed by atoms with Gasteiger partial charge in [-0.05, 0) is 71.6 Å². The van der Waals surface area contributed by atoms with E-state index in [1.807, 2.05) is 0 Å². The molecule has 0 amide bonds. The Labute approximate surface area is 338 Å². The zero-order valence-electron chi connectivity index (χ0n) is 56.3. The highest BCUT2D eigenvalue weighted by atomic mass is 15.1. The van der Waals surface area contributed by atoms with Gasteiger partial charge in [0.05, 0.1) is 81.3 Å². The third-order valence-electron chi connectivity index (χ3n) is 8.40. The Morgan fingerprint density at radius 3 is 1.45 bits per heavy atom. The summed E-state index contributed by atoms with van der Waals surface area (Å²) in [7, 11) is 0. The van der Waals surface area contributed by atoms with Crippen LogP contribution in [0.3, 0.4) is 0 Å². The highest BCUT2D eigenvalue weighted by molar-refractivity contribution is 6.16. The molecule has 3 nitrogen and oxygen atoms in total. The lowest BCUT2D eigenvalue weighted by Gasteiger charge is -2.15. The fraction of sp³-hybridized carbons (Fsp3) is 0. The maximum Gasteiger partial charge on any atom is 0.0782 e. The third kappa shape index (κ3) is 4.06. The van der Waals surface area contributed by atoms with Crippen molar-refractivity contribution in [1.82, 2.24) is 13.7 Å². The van der Waals surface area contributed by atoms with E-state index >= 15 is 0 Å². The van der Waals surface area contributed by atoms with E-state index in [4.69, 9.17) is 26.0 Å². The summed E-state index contributed by atoms with van der Waals surface area (Å²) in [5.74, 6) is 0. The number of hydrogen-bond donors (Lipinski definition) is 0. The Bertz CT molecular complexity index is 4830. The zero-order chi connectivity index (χ0) is 60.4. The van der Waals surface area contributed by atoms with Crippen LogP contribution in [0.4, 0.5) is 0 Å². The predicted octanol–water partition coefficient (Wildman–Crippen LogP) is 12.6. The lowest BCUT2D eigenvalue weighted by Crippen LogP contribution is -2.01. The molecule has 0 radical (unpaired) electrons. The second-order valence-electron chi connectivity index (χ2n) is 11.0. The van der Waals surface area contributed by atoms with Crippen LogP contribution in [0.15, 0.2) is 187 Å². The van der Waals surface area contributed by atoms with E-state index in [-0.39, 0.29) is 0 Å². The molecule has 0 atom stereocenters. The van der Waals surface area contributed by atoms with Gasteiger partial charge >= 0.3 is 0 Å². The van der Waals surface area contributed by atoms with Crippen molar-refractivity contribution in [2.45, 2.75) is 0 Å². The van der Waals surface area contributed by atoms with Crippen molar-refractivity contribution >= 4 is 65.4 Å². The van der Waals surface area contributed by atoms with Crippen LogP contribution in [0.2, 0.25) is 0 Å². The number of nitrogens with zero attached hydrogens (tertiary/aromatic N) is 3. The maximum absolute atomic E-state index is 10.1. The smallest absolute Gasteiger partial charge is 0.0782 e. The third-order valence-corrected chi connectivity index (χ3v) is 8.40. The Balaban J connectivity index is 1.46. The molecule has 11 aromatic rings. The molecule has 3 aromatic heterocycles. The van der Waals surface area contributed by atoms with Gasteiger partial charge in [0.2, 0.25) is 0 Å². The monoisotopic (exact) mass is 680 g/mol. The van der Waals surface area contributed by atoms with Crippen molar-refractivity contribution in [2.75, 3.05) is 0 Å². The standard InChI is InChI=1S/C48H31N3/c1-2-14-32(15-3-1)33-16-12-17-34(30-33)50-44-25-10-6-20-38(44)40-22-13-27-47(48(40)50)51-45-26-11-7-21-39(45)41-31-35(28-29-46(41)51)49-42-23-8-4-18-36(42)37-19-5-9-24-43(37)49/h1-31H/i1D,2D,3D,4D,5D,6D,7D,8D,9D,10D,11D,12D,13D,14D,15D,16D,17D,18D,19D,20D,21D,22D,23D,24D,25D,26D,27D,28D,29D,30D,31D. The molecule has 0 bridgehead atoms. The molecular weight excluding hydrogens is 619 g/mol. The maximum atomic E-state index is 10.1. The molecule has 0 fully saturated rings. The Hall–Kier alpha value is -6.84. The molecule has 0 saturated heterocycles. The summed E-state index contributed by atoms with van der Waals surface area (Å²) >= 11 is 0. The summed E-state index contributed by atoms with van der Waals surface area (Å²) in [6.45, 7) is 0. The van der Waals surface area contributed by atoms with Gasteiger partial charge in [0.25, 0.3) is 0 Å². The first-order valence-electron chi connectivity index (χ1n) is 30.5. The van der Waals surface area contributed by atoms with Crippen LogP contribution < -0.4 is 0 Å². The van der Waals surface area contributed by atoms with Crippen LogP contribution in [0.25, 0.3) is 93.6 Å². The lowest BCUT2D eigenvalue weighted by molar-refractivity contribution is 1.13. The molecule has 0 unspecified atom stereocenters. The van der Waals surface area contributed by atoms with Crippen LogP contribution in [-0.4, -0.2) is 13.7 Å². The van der Waals surface area contributed by atoms with E-state index in [2.05, 4.69) is 0 Å². The summed E-state index contributed by atoms with van der Waals surface area (Å²) in [6, 6.07) is -30.3. The van der Waals surface area contributed by atoms with E-state index in [9.17, 15) is 16.4 Å². The number of rotatable bonds is 4. The zero-order valence-corrected chi connectivity index (χ0v) is 25.3. The minimum absolute atomic E-state index is 0.504. The van der Waals surface area contributed by atoms with Gasteiger partial charge in [-0.25, -0.2) is 0 Å². The van der Waals surface area contributed by atoms with E-state index < -0.39 is 281 Å². The van der Waals surface area contributed by atoms with Gasteiger partial charge < -0.3 is 13.7 Å². The van der Waals surface area contributed by atoms with Crippen molar-refractivity contribution in [1.29, 1.82) is 0 Å². The average molecular weight is 681 g/mol. The molecule has 0 saturated carbocycles. The van der Waals surface area contributed by atoms with Crippen molar-refractivity contribution in [3.63, 3.8) is 0 Å². The van der Waals surface area contributed by atoms with Crippen molar-refractivity contribution in [3.8, 4) is 28.2 Å². The molecule has 3 heteroatoms. The van der Waals surface area contributed by atoms with Gasteiger partial charge in [-0.3, -0.25) is 0 Å². The minimum atomic E-state index is -1.12. The fourth-order valence-electron chi connectivity index (χ4n) is 6.37. The lowest BCUT2D eigenvalue weighted by atomic mass is 10.1. The van der Waals surface area contributed by atoms with Crippen LogP contribution in [0.1, 0.15) is 42.5 Å². The molecule has 3 heterocycles. The first kappa shape index (κ1) is 11.3. The van der Waals surface area contributed by atoms with Gasteiger partial charge in [0.1, 0.15) is 0 Å². The molecule has 8 aromatic carbocycles. The van der Waals surface area contributed by atoms with E-state index in [1.54, 1.807) is 0 Å². The summed E-state index contributed by atoms with van der Waals surface area (Å²) < 4.78 is 284. The predicted molar refractivity (Wildman–Crippen MR) is 215 cm³/mol. The normalized spacial score (nSPS) is 20.4. The van der Waals surface area contributed by atoms with Crippen LogP contribution in [-0.2, 0) is 0 Å². The van der Waals surface area contributed by atoms with E-state index in [0.717, 1.165) is 4.57 Å². The number of hydrogen-bond acceptors (Lipinski definition) is 0. The summed E-state index contributed by atoms with van der Waals surface area (Å²) in [4.78, 5) is 0. The van der Waals surface area contributed by atoms with Gasteiger partial charge in [-0.15, -0.1) is 0 Å². The topological polar surface area (TPSA) is 14.8 Å². The van der Waals surface area contributed by atoms with E-state index in [1.165, 1.54) is 0 Å². The van der Waals surface area contributed by atoms with E-state index in [0.29, 0.717) is 9.13 Å². The Kier molecular flexibility index (Phi) is 2.41. The molecular formula is C48H31N3. The molecule has 51 heavy (non-hydrogen) atoms. The van der Waals surface area contributed by atoms with Crippen molar-refractivity contribution < 1.29 is 42.5 Å². The number of aromatic nitrogens is 3. The summed E-state index contributed by atoms with van der Waals surface area (Å²) in [5, 5.41) is -3.78. The average Bonchev–Trinajstić information content (AvgIpc) is 4.27. The van der Waals surface area contributed by atoms with Crippen LogP contribution in [0, 0.1) is 0 Å². The van der Waals surface area contributed by atoms with Gasteiger partial charge in [-0.2, -0.15) is 0 Å². The first-order chi connectivity index (χ1) is 38.2. The summed E-state index contributed by atoms with van der Waals surface area (Å²) in [5.41, 5.74) is -8.79. The highest BCUT2D eigenvalue weighted by Gasteiger charge is 2.21. The first-order valence-corrected chi connectivity index (χ1v) is 15.0. The molecule has 0 aliphatic heterocycles. The second-order valence-corrected chi connectivity index (χ2v) is 11.0. The highest BCUT2D eigenvalue weighted by Crippen LogP contribution is 2.41. The fourth-order valence-corrected chi connectivity index (χ4v) is 6.37. The largest absolute Gasteiger partial charge is 0.309 e. The molecule has 0 aliphatic rings. The van der Waals surface area contributed by atoms with Gasteiger partial charge in [0, 0.05) is 43.7 Å². The van der Waals surface area contributed by atoms with Gasteiger partial charge in [-0.1, -0.05) is 127 Å². The number of benzene rings is 8. The minimum Gasteiger partial charge on any atom is -0.309 e.